The van der Waals surface area contributed by atoms with Gasteiger partial charge >= 0.3 is 0 Å². The molecular formula is C21H26N6O. The lowest BCUT2D eigenvalue weighted by atomic mass is 9.96. The van der Waals surface area contributed by atoms with Crippen LogP contribution in [0.25, 0.3) is 5.65 Å². The second-order valence-electron chi connectivity index (χ2n) is 8.35. The minimum absolute atomic E-state index is 0.127. The van der Waals surface area contributed by atoms with Gasteiger partial charge in [-0.3, -0.25) is 4.79 Å². The van der Waals surface area contributed by atoms with Gasteiger partial charge in [0.1, 0.15) is 5.82 Å². The van der Waals surface area contributed by atoms with E-state index in [1.807, 2.05) is 17.0 Å². The summed E-state index contributed by atoms with van der Waals surface area (Å²) < 4.78 is 1.80. The summed E-state index contributed by atoms with van der Waals surface area (Å²) in [4.78, 5) is 13.7. The second-order valence-corrected chi connectivity index (χ2v) is 8.35. The molecule has 1 saturated heterocycles. The molecule has 0 radical (unpaired) electrons. The molecular weight excluding hydrogens is 352 g/mol. The minimum Gasteiger partial charge on any atom is -0.365 e. The van der Waals surface area contributed by atoms with E-state index >= 15 is 0 Å². The highest BCUT2D eigenvalue weighted by atomic mass is 16.2. The first-order valence-electron chi connectivity index (χ1n) is 9.72. The van der Waals surface area contributed by atoms with Crippen LogP contribution < -0.4 is 5.32 Å². The Labute approximate surface area is 164 Å². The van der Waals surface area contributed by atoms with E-state index in [0.717, 1.165) is 41.4 Å². The Balaban J connectivity index is 1.42. The standard InChI is InChI=1S/C21H26N6O/c1-21(2,3)20-24-23-18-11-10-17(25-27(18)20)22-13-15-6-8-16(9-7-15)14-26-12-4-5-19(26)28/h6-11H,4-5,12-14H2,1-3H3,(H,22,25). The van der Waals surface area contributed by atoms with E-state index in [9.17, 15) is 4.79 Å². The molecule has 146 valence electrons. The highest BCUT2D eigenvalue weighted by Gasteiger charge is 2.22. The molecule has 0 spiro atoms. The van der Waals surface area contributed by atoms with Crippen molar-refractivity contribution in [3.8, 4) is 0 Å². The zero-order valence-corrected chi connectivity index (χ0v) is 16.6. The van der Waals surface area contributed by atoms with E-state index < -0.39 is 0 Å². The van der Waals surface area contributed by atoms with Crippen molar-refractivity contribution in [3.05, 3.63) is 53.3 Å². The van der Waals surface area contributed by atoms with E-state index in [1.165, 1.54) is 0 Å². The molecule has 0 saturated carbocycles. The topological polar surface area (TPSA) is 75.4 Å². The Bertz CT molecular complexity index is 986. The van der Waals surface area contributed by atoms with Crippen molar-refractivity contribution in [2.24, 2.45) is 0 Å². The molecule has 1 aliphatic rings. The third-order valence-electron chi connectivity index (χ3n) is 4.98. The Hall–Kier alpha value is -2.96. The Kier molecular flexibility index (Phi) is 4.75. The number of nitrogens with zero attached hydrogens (tertiary/aromatic N) is 5. The predicted octanol–water partition coefficient (Wildman–Crippen LogP) is 3.16. The highest BCUT2D eigenvalue weighted by molar-refractivity contribution is 5.78. The van der Waals surface area contributed by atoms with Crippen LogP contribution in [0.4, 0.5) is 5.82 Å². The summed E-state index contributed by atoms with van der Waals surface area (Å²) in [6.45, 7) is 8.55. The summed E-state index contributed by atoms with van der Waals surface area (Å²) in [6, 6.07) is 12.2. The van der Waals surface area contributed by atoms with E-state index in [2.05, 4.69) is 65.6 Å². The van der Waals surface area contributed by atoms with Crippen LogP contribution in [0, 0.1) is 0 Å². The van der Waals surface area contributed by atoms with Gasteiger partial charge in [0.25, 0.3) is 0 Å². The number of fused-ring (bicyclic) bond motifs is 1. The fourth-order valence-corrected chi connectivity index (χ4v) is 3.40. The Morgan fingerprint density at radius 2 is 1.79 bits per heavy atom. The van der Waals surface area contributed by atoms with Crippen molar-refractivity contribution in [1.82, 2.24) is 24.7 Å². The van der Waals surface area contributed by atoms with Gasteiger partial charge in [-0.1, -0.05) is 45.0 Å². The van der Waals surface area contributed by atoms with E-state index in [4.69, 9.17) is 0 Å². The smallest absolute Gasteiger partial charge is 0.222 e. The fourth-order valence-electron chi connectivity index (χ4n) is 3.40. The minimum atomic E-state index is -0.127. The summed E-state index contributed by atoms with van der Waals surface area (Å²) in [5.41, 5.74) is 2.95. The normalized spacial score (nSPS) is 14.8. The average molecular weight is 378 g/mol. The molecule has 1 aromatic carbocycles. The Morgan fingerprint density at radius 3 is 2.46 bits per heavy atom. The van der Waals surface area contributed by atoms with Crippen molar-refractivity contribution in [2.45, 2.75) is 52.1 Å². The van der Waals surface area contributed by atoms with E-state index in [-0.39, 0.29) is 11.3 Å². The molecule has 28 heavy (non-hydrogen) atoms. The van der Waals surface area contributed by atoms with Crippen LogP contribution >= 0.6 is 0 Å². The number of hydrogen-bond acceptors (Lipinski definition) is 5. The molecule has 0 bridgehead atoms. The molecule has 7 nitrogen and oxygen atoms in total. The number of likely N-dealkylation sites (tertiary alicyclic amines) is 1. The van der Waals surface area contributed by atoms with Crippen LogP contribution in [0.15, 0.2) is 36.4 Å². The molecule has 2 aromatic heterocycles. The molecule has 0 aliphatic carbocycles. The maximum Gasteiger partial charge on any atom is 0.222 e. The van der Waals surface area contributed by atoms with Crippen LogP contribution in [0.1, 0.15) is 50.6 Å². The van der Waals surface area contributed by atoms with Crippen LogP contribution in [-0.2, 0) is 23.3 Å². The quantitative estimate of drug-likeness (QED) is 0.738. The first kappa shape index (κ1) is 18.4. The van der Waals surface area contributed by atoms with Gasteiger partial charge in [0.2, 0.25) is 5.91 Å². The molecule has 0 atom stereocenters. The summed E-state index contributed by atoms with van der Waals surface area (Å²) in [7, 11) is 0. The largest absolute Gasteiger partial charge is 0.365 e. The maximum absolute atomic E-state index is 11.8. The van der Waals surface area contributed by atoms with Gasteiger partial charge < -0.3 is 10.2 Å². The van der Waals surface area contributed by atoms with Crippen LogP contribution in [0.2, 0.25) is 0 Å². The van der Waals surface area contributed by atoms with E-state index in [1.54, 1.807) is 4.52 Å². The number of rotatable bonds is 5. The molecule has 1 aliphatic heterocycles. The number of amides is 1. The third kappa shape index (κ3) is 3.83. The summed E-state index contributed by atoms with van der Waals surface area (Å²) in [6.07, 6.45) is 1.66. The lowest BCUT2D eigenvalue weighted by Crippen LogP contribution is -2.23. The van der Waals surface area contributed by atoms with Crippen molar-refractivity contribution in [3.63, 3.8) is 0 Å². The lowest BCUT2D eigenvalue weighted by Gasteiger charge is -2.16. The van der Waals surface area contributed by atoms with Gasteiger partial charge in [0, 0.05) is 31.5 Å². The van der Waals surface area contributed by atoms with Crippen LogP contribution in [-0.4, -0.2) is 37.2 Å². The lowest BCUT2D eigenvalue weighted by molar-refractivity contribution is -0.128. The van der Waals surface area contributed by atoms with Crippen molar-refractivity contribution in [2.75, 3.05) is 11.9 Å². The molecule has 3 aromatic rings. The zero-order valence-electron chi connectivity index (χ0n) is 16.6. The monoisotopic (exact) mass is 378 g/mol. The van der Waals surface area contributed by atoms with Crippen molar-refractivity contribution < 1.29 is 4.79 Å². The van der Waals surface area contributed by atoms with Gasteiger partial charge in [-0.2, -0.15) is 4.52 Å². The molecule has 4 rings (SSSR count). The number of carbonyl (C=O) groups excluding carboxylic acids is 1. The van der Waals surface area contributed by atoms with Gasteiger partial charge in [0.15, 0.2) is 11.5 Å². The number of nitrogens with one attached hydrogen (secondary N) is 1. The molecule has 3 heterocycles. The van der Waals surface area contributed by atoms with Crippen molar-refractivity contribution in [1.29, 1.82) is 0 Å². The number of benzene rings is 1. The molecule has 0 unspecified atom stereocenters. The van der Waals surface area contributed by atoms with Gasteiger partial charge in [-0.25, -0.2) is 0 Å². The van der Waals surface area contributed by atoms with E-state index in [0.29, 0.717) is 19.5 Å². The Morgan fingerprint density at radius 1 is 1.04 bits per heavy atom. The highest BCUT2D eigenvalue weighted by Crippen LogP contribution is 2.21. The van der Waals surface area contributed by atoms with Crippen molar-refractivity contribution >= 4 is 17.4 Å². The fraction of sp³-hybridized carbons (Fsp3) is 0.429. The van der Waals surface area contributed by atoms with Gasteiger partial charge in [-0.15, -0.1) is 15.3 Å². The summed E-state index contributed by atoms with van der Waals surface area (Å²) >= 11 is 0. The number of anilines is 1. The average Bonchev–Trinajstić information content (AvgIpc) is 3.27. The number of carbonyl (C=O) groups is 1. The number of hydrogen-bond donors (Lipinski definition) is 1. The SMILES string of the molecule is CC(C)(C)c1nnc2ccc(NCc3ccc(CN4CCCC4=O)cc3)nn12. The number of aromatic nitrogens is 4. The second kappa shape index (κ2) is 7.22. The first-order chi connectivity index (χ1) is 13.4. The predicted molar refractivity (Wildman–Crippen MR) is 108 cm³/mol. The third-order valence-corrected chi connectivity index (χ3v) is 4.98. The van der Waals surface area contributed by atoms with Crippen LogP contribution in [0.5, 0.6) is 0 Å². The summed E-state index contributed by atoms with van der Waals surface area (Å²) in [5.74, 6) is 1.88. The van der Waals surface area contributed by atoms with Crippen LogP contribution in [0.3, 0.4) is 0 Å². The maximum atomic E-state index is 11.8. The van der Waals surface area contributed by atoms with Gasteiger partial charge in [0.05, 0.1) is 0 Å². The zero-order chi connectivity index (χ0) is 19.7. The molecule has 1 amide bonds. The molecule has 1 N–H and O–H groups in total. The van der Waals surface area contributed by atoms with Gasteiger partial charge in [-0.05, 0) is 29.7 Å². The summed E-state index contributed by atoms with van der Waals surface area (Å²) in [5, 5.41) is 16.5. The first-order valence-corrected chi connectivity index (χ1v) is 9.72. The molecule has 1 fully saturated rings. The molecule has 7 heteroatoms.